The van der Waals surface area contributed by atoms with Gasteiger partial charge in [0.1, 0.15) is 11.4 Å². The Morgan fingerprint density at radius 2 is 1.74 bits per heavy atom. The summed E-state index contributed by atoms with van der Waals surface area (Å²) in [4.78, 5) is 38.6. The molecule has 0 radical (unpaired) electrons. The summed E-state index contributed by atoms with van der Waals surface area (Å²) in [6.45, 7) is 1.95. The molecule has 2 heterocycles. The van der Waals surface area contributed by atoms with Crippen molar-refractivity contribution >= 4 is 17.7 Å². The highest BCUT2D eigenvalue weighted by Crippen LogP contribution is 2.49. The van der Waals surface area contributed by atoms with Gasteiger partial charge in [0, 0.05) is 48.8 Å². The fourth-order valence-corrected chi connectivity index (χ4v) is 5.37. The van der Waals surface area contributed by atoms with Gasteiger partial charge >= 0.3 is 6.09 Å². The fourth-order valence-electron chi connectivity index (χ4n) is 5.37. The van der Waals surface area contributed by atoms with Crippen LogP contribution in [0.3, 0.4) is 0 Å². The number of hydrogen-bond donors (Lipinski definition) is 3. The van der Waals surface area contributed by atoms with Crippen LogP contribution in [0.2, 0.25) is 0 Å². The van der Waals surface area contributed by atoms with E-state index in [1.807, 2.05) is 0 Å². The smallest absolute Gasteiger partial charge is 0.407 e. The first-order valence-electron chi connectivity index (χ1n) is 12.1. The number of carbonyl (C=O) groups is 2. The third-order valence-corrected chi connectivity index (χ3v) is 7.84. The Morgan fingerprint density at radius 1 is 1.11 bits per heavy atom. The van der Waals surface area contributed by atoms with Gasteiger partial charge in [0.05, 0.1) is 22.9 Å². The zero-order valence-electron chi connectivity index (χ0n) is 20.1. The van der Waals surface area contributed by atoms with Crippen LogP contribution >= 0.6 is 0 Å². The Bertz CT molecular complexity index is 1330. The Labute approximate surface area is 213 Å². The van der Waals surface area contributed by atoms with Gasteiger partial charge in [-0.2, -0.15) is 0 Å². The molecule has 1 aromatic heterocycles. The van der Waals surface area contributed by atoms with E-state index in [4.69, 9.17) is 5.11 Å². The second-order valence-electron chi connectivity index (χ2n) is 10.1. The Balaban J connectivity index is 1.44. The lowest BCUT2D eigenvalue weighted by molar-refractivity contribution is 0.0648. The number of hydrogen-bond acceptors (Lipinski definition) is 4. The minimum atomic E-state index is -3.06. The van der Waals surface area contributed by atoms with Crippen molar-refractivity contribution in [1.82, 2.24) is 14.8 Å². The average Bonchev–Trinajstić information content (AvgIpc) is 3.73. The predicted molar refractivity (Wildman–Crippen MR) is 125 cm³/mol. The minimum absolute atomic E-state index is 0.0367. The lowest BCUT2D eigenvalue weighted by Crippen LogP contribution is -2.38. The second kappa shape index (κ2) is 9.28. The molecular formula is C25H25F5N4O4. The monoisotopic (exact) mass is 540 g/mol. The zero-order valence-corrected chi connectivity index (χ0v) is 20.1. The van der Waals surface area contributed by atoms with Crippen molar-refractivity contribution in [1.29, 1.82) is 0 Å². The quantitative estimate of drug-likeness (QED) is 0.436. The number of anilines is 1. The van der Waals surface area contributed by atoms with Gasteiger partial charge < -0.3 is 25.2 Å². The molecule has 0 spiro atoms. The van der Waals surface area contributed by atoms with E-state index in [1.165, 1.54) is 24.0 Å². The van der Waals surface area contributed by atoms with Gasteiger partial charge in [0.15, 0.2) is 0 Å². The average molecular weight is 540 g/mol. The van der Waals surface area contributed by atoms with Gasteiger partial charge in [-0.25, -0.2) is 26.7 Å². The predicted octanol–water partition coefficient (Wildman–Crippen LogP) is 4.19. The summed E-state index contributed by atoms with van der Waals surface area (Å²) in [5.41, 5.74) is -3.52. The maximum Gasteiger partial charge on any atom is 0.407 e. The van der Waals surface area contributed by atoms with Crippen molar-refractivity contribution in [2.24, 2.45) is 11.8 Å². The van der Waals surface area contributed by atoms with E-state index in [1.54, 1.807) is 0 Å². The van der Waals surface area contributed by atoms with Crippen LogP contribution in [0.25, 0.3) is 0 Å². The van der Waals surface area contributed by atoms with Crippen LogP contribution in [0.1, 0.15) is 53.7 Å². The molecule has 1 saturated heterocycles. The molecule has 13 heteroatoms. The van der Waals surface area contributed by atoms with E-state index >= 15 is 0 Å². The number of carbonyl (C=O) groups excluding carboxylic acids is 1. The number of halogens is 5. The highest BCUT2D eigenvalue weighted by atomic mass is 19.3. The number of alkyl halides is 4. The number of benzene rings is 1. The lowest BCUT2D eigenvalue weighted by Gasteiger charge is -2.23. The topological polar surface area (TPSA) is 104 Å². The van der Waals surface area contributed by atoms with Gasteiger partial charge in [-0.05, 0) is 19.8 Å². The van der Waals surface area contributed by atoms with E-state index in [0.29, 0.717) is 0 Å². The molecule has 2 aromatic rings. The first-order valence-corrected chi connectivity index (χ1v) is 12.1. The summed E-state index contributed by atoms with van der Waals surface area (Å²) in [5.74, 6) is -2.06. The summed E-state index contributed by atoms with van der Waals surface area (Å²) in [6, 6.07) is 3.19. The number of likely N-dealkylation sites (tertiary alicyclic amines) is 1. The van der Waals surface area contributed by atoms with Crippen LogP contribution in [-0.2, 0) is 5.54 Å². The van der Waals surface area contributed by atoms with E-state index in [2.05, 4.69) is 10.6 Å². The Hall–Kier alpha value is -3.64. The summed E-state index contributed by atoms with van der Waals surface area (Å²) in [6.07, 6.45) is -5.78. The van der Waals surface area contributed by atoms with E-state index < -0.39 is 53.4 Å². The molecule has 5 rings (SSSR count). The summed E-state index contributed by atoms with van der Waals surface area (Å²) in [7, 11) is 0. The third kappa shape index (κ3) is 4.37. The van der Waals surface area contributed by atoms with Crippen molar-refractivity contribution in [2.45, 2.75) is 50.2 Å². The van der Waals surface area contributed by atoms with Crippen molar-refractivity contribution in [3.8, 4) is 0 Å². The van der Waals surface area contributed by atoms with Crippen molar-refractivity contribution < 1.29 is 36.6 Å². The number of aromatic nitrogens is 1. The molecular weight excluding hydrogens is 515 g/mol. The second-order valence-corrected chi connectivity index (χ2v) is 10.1. The molecule has 3 N–H and O–H groups in total. The van der Waals surface area contributed by atoms with Gasteiger partial charge in [-0.3, -0.25) is 9.59 Å². The zero-order chi connectivity index (χ0) is 27.5. The van der Waals surface area contributed by atoms with Gasteiger partial charge in [0.25, 0.3) is 24.3 Å². The number of nitrogens with zero attached hydrogens (tertiary/aromatic N) is 2. The van der Waals surface area contributed by atoms with Crippen LogP contribution in [-0.4, -0.2) is 52.1 Å². The molecule has 2 saturated carbocycles. The lowest BCUT2D eigenvalue weighted by atomic mass is 10.0. The molecule has 8 nitrogen and oxygen atoms in total. The summed E-state index contributed by atoms with van der Waals surface area (Å²) >= 11 is 0. The number of fused-ring (bicyclic) bond motifs is 1. The Kier molecular flexibility index (Phi) is 6.35. The molecule has 1 unspecified atom stereocenters. The first kappa shape index (κ1) is 26.0. The number of nitrogens with one attached hydrogen (secondary N) is 2. The summed E-state index contributed by atoms with van der Waals surface area (Å²) in [5, 5.41) is 14.8. The molecule has 3 fully saturated rings. The largest absolute Gasteiger partial charge is 0.465 e. The minimum Gasteiger partial charge on any atom is -0.465 e. The highest BCUT2D eigenvalue weighted by Gasteiger charge is 2.57. The van der Waals surface area contributed by atoms with Gasteiger partial charge in [0.2, 0.25) is 0 Å². The SMILES string of the molecule is C[C@@H](NC(=O)c1cn(C2(C(F)F)CC2)c(=O)cc1NC1[C@H]2CN(C(=O)O)C[C@@H]12)c1cccc(C(F)F)c1F. The normalized spacial score (nSPS) is 23.8. The Morgan fingerprint density at radius 3 is 2.29 bits per heavy atom. The number of carboxylic acid groups (broad SMARTS) is 1. The van der Waals surface area contributed by atoms with Crippen molar-refractivity contribution in [2.75, 3.05) is 18.4 Å². The number of amides is 2. The molecule has 3 aliphatic rings. The molecule has 2 aliphatic carbocycles. The van der Waals surface area contributed by atoms with Crippen molar-refractivity contribution in [3.05, 3.63) is 63.3 Å². The standard InChI is InChI=1S/C25H25F5N4O4/c1-11(12-3-2-4-13(19(12)26)21(27)28)31-22(36)16-10-34(25(5-6-25)23(29)30)18(35)7-17(16)32-20-14-8-33(24(37)38)9-15(14)20/h2-4,7,10-11,14-15,20-21,23,32H,5-6,8-9H2,1H3,(H,31,36)(H,37,38)/t11-,14-,15+,20?/m1/s1. The maximum atomic E-state index is 14.7. The van der Waals surface area contributed by atoms with Crippen molar-refractivity contribution in [3.63, 3.8) is 0 Å². The molecule has 38 heavy (non-hydrogen) atoms. The number of rotatable bonds is 8. The number of pyridine rings is 1. The van der Waals surface area contributed by atoms with E-state index in [-0.39, 0.29) is 60.6 Å². The van der Waals surface area contributed by atoms with Crippen LogP contribution in [0, 0.1) is 17.7 Å². The third-order valence-electron chi connectivity index (χ3n) is 7.84. The molecule has 1 aromatic carbocycles. The van der Waals surface area contributed by atoms with E-state index in [0.717, 1.165) is 22.9 Å². The van der Waals surface area contributed by atoms with Crippen LogP contribution < -0.4 is 16.2 Å². The van der Waals surface area contributed by atoms with Gasteiger partial charge in [-0.15, -0.1) is 0 Å². The summed E-state index contributed by atoms with van der Waals surface area (Å²) < 4.78 is 69.4. The van der Waals surface area contributed by atoms with Gasteiger partial charge in [-0.1, -0.05) is 18.2 Å². The number of piperidine rings is 1. The molecule has 204 valence electrons. The van der Waals surface area contributed by atoms with E-state index in [9.17, 15) is 36.3 Å². The molecule has 4 atom stereocenters. The van der Waals surface area contributed by atoms with Crippen LogP contribution in [0.4, 0.5) is 32.4 Å². The van der Waals surface area contributed by atoms with Crippen LogP contribution in [0.5, 0.6) is 0 Å². The molecule has 2 amide bonds. The maximum absolute atomic E-state index is 14.7. The molecule has 1 aliphatic heterocycles. The first-order chi connectivity index (χ1) is 17.9. The fraction of sp³-hybridized carbons (Fsp3) is 0.480. The van der Waals surface area contributed by atoms with Crippen LogP contribution in [0.15, 0.2) is 35.3 Å². The molecule has 0 bridgehead atoms. The highest BCUT2D eigenvalue weighted by molar-refractivity contribution is 5.99.